The Hall–Kier alpha value is -2.70. The number of benzene rings is 1. The van der Waals surface area contributed by atoms with Gasteiger partial charge in [0.05, 0.1) is 12.1 Å². The smallest absolute Gasteiger partial charge is 0.305 e. The van der Waals surface area contributed by atoms with Crippen LogP contribution in [0.25, 0.3) is 11.3 Å². The normalized spacial score (nSPS) is 10.6. The minimum Gasteiger partial charge on any atom is -0.481 e. The summed E-state index contributed by atoms with van der Waals surface area (Å²) in [6.07, 6.45) is 2.47. The summed E-state index contributed by atoms with van der Waals surface area (Å²) in [5.74, 6) is -2.05. The van der Waals surface area contributed by atoms with Gasteiger partial charge in [-0.3, -0.25) is 14.3 Å². The number of carboxylic acid groups (broad SMARTS) is 1. The molecule has 0 spiro atoms. The summed E-state index contributed by atoms with van der Waals surface area (Å²) < 4.78 is 15.7. The van der Waals surface area contributed by atoms with Crippen LogP contribution in [0.3, 0.4) is 0 Å². The van der Waals surface area contributed by atoms with Gasteiger partial charge < -0.3 is 10.4 Å². The molecular formula is C17H20FN3O3. The highest BCUT2D eigenvalue weighted by molar-refractivity contribution is 5.95. The van der Waals surface area contributed by atoms with Crippen molar-refractivity contribution >= 4 is 11.9 Å². The minimum atomic E-state index is -1.01. The maximum Gasteiger partial charge on any atom is 0.305 e. The highest BCUT2D eigenvalue weighted by Crippen LogP contribution is 2.25. The predicted octanol–water partition coefficient (Wildman–Crippen LogP) is 2.48. The van der Waals surface area contributed by atoms with E-state index in [0.717, 1.165) is 18.1 Å². The van der Waals surface area contributed by atoms with Gasteiger partial charge in [-0.1, -0.05) is 6.92 Å². The molecule has 0 atom stereocenters. The average molecular weight is 333 g/mol. The quantitative estimate of drug-likeness (QED) is 0.815. The Kier molecular flexibility index (Phi) is 5.68. The molecule has 0 fully saturated rings. The van der Waals surface area contributed by atoms with Gasteiger partial charge >= 0.3 is 5.97 Å². The first-order chi connectivity index (χ1) is 11.4. The van der Waals surface area contributed by atoms with Crippen LogP contribution in [-0.2, 0) is 17.8 Å². The summed E-state index contributed by atoms with van der Waals surface area (Å²) in [5.41, 5.74) is 2.30. The first-order valence-corrected chi connectivity index (χ1v) is 7.81. The summed E-state index contributed by atoms with van der Waals surface area (Å²) in [5, 5.41) is 15.5. The Bertz CT molecular complexity index is 756. The van der Waals surface area contributed by atoms with Crippen LogP contribution in [0, 0.1) is 5.82 Å². The molecule has 0 aliphatic carbocycles. The van der Waals surface area contributed by atoms with Crippen molar-refractivity contribution in [2.45, 2.75) is 33.2 Å². The maximum absolute atomic E-state index is 13.9. The van der Waals surface area contributed by atoms with Crippen molar-refractivity contribution in [3.8, 4) is 11.3 Å². The zero-order valence-electron chi connectivity index (χ0n) is 13.7. The minimum absolute atomic E-state index is 0.00924. The first-order valence-electron chi connectivity index (χ1n) is 7.81. The maximum atomic E-state index is 13.9. The Morgan fingerprint density at radius 2 is 2.04 bits per heavy atom. The number of carbonyl (C=O) groups excluding carboxylic acids is 1. The molecule has 128 valence electrons. The Balaban J connectivity index is 2.30. The summed E-state index contributed by atoms with van der Waals surface area (Å²) >= 11 is 0. The number of rotatable bonds is 7. The molecule has 2 rings (SSSR count). The van der Waals surface area contributed by atoms with Crippen molar-refractivity contribution in [2.75, 3.05) is 6.54 Å². The molecule has 0 bridgehead atoms. The zero-order valence-corrected chi connectivity index (χ0v) is 13.7. The number of aryl methyl sites for hydroxylation is 2. The molecule has 6 nitrogen and oxygen atoms in total. The van der Waals surface area contributed by atoms with Crippen molar-refractivity contribution in [1.82, 2.24) is 15.1 Å². The number of hydrogen-bond donors (Lipinski definition) is 2. The van der Waals surface area contributed by atoms with Gasteiger partial charge in [0.1, 0.15) is 5.82 Å². The monoisotopic (exact) mass is 333 g/mol. The third kappa shape index (κ3) is 4.18. The molecule has 0 aliphatic rings. The number of amides is 1. The molecule has 1 heterocycles. The van der Waals surface area contributed by atoms with Crippen LogP contribution in [0.4, 0.5) is 4.39 Å². The molecule has 1 aromatic carbocycles. The topological polar surface area (TPSA) is 84.2 Å². The van der Waals surface area contributed by atoms with Gasteiger partial charge in [0, 0.05) is 30.4 Å². The van der Waals surface area contributed by atoms with Gasteiger partial charge in [-0.15, -0.1) is 0 Å². The van der Waals surface area contributed by atoms with Crippen LogP contribution in [-0.4, -0.2) is 33.3 Å². The van der Waals surface area contributed by atoms with E-state index in [4.69, 9.17) is 5.11 Å². The fraction of sp³-hybridized carbons (Fsp3) is 0.353. The first kappa shape index (κ1) is 17.7. The molecule has 0 aliphatic heterocycles. The lowest BCUT2D eigenvalue weighted by Crippen LogP contribution is -2.26. The van der Waals surface area contributed by atoms with Crippen LogP contribution in [0.15, 0.2) is 24.4 Å². The molecular weight excluding hydrogens is 313 g/mol. The molecule has 24 heavy (non-hydrogen) atoms. The molecule has 1 amide bonds. The summed E-state index contributed by atoms with van der Waals surface area (Å²) in [6.45, 7) is 4.64. The predicted molar refractivity (Wildman–Crippen MR) is 87.3 cm³/mol. The Labute approximate surface area is 139 Å². The van der Waals surface area contributed by atoms with Crippen LogP contribution >= 0.6 is 0 Å². The second-order valence-electron chi connectivity index (χ2n) is 5.34. The van der Waals surface area contributed by atoms with E-state index in [1.807, 2.05) is 20.0 Å². The molecule has 2 aromatic rings. The van der Waals surface area contributed by atoms with Gasteiger partial charge in [0.15, 0.2) is 0 Å². The molecule has 0 saturated carbocycles. The van der Waals surface area contributed by atoms with E-state index in [1.54, 1.807) is 10.7 Å². The number of nitrogens with zero attached hydrogens (tertiary/aromatic N) is 2. The highest BCUT2D eigenvalue weighted by atomic mass is 19.1. The van der Waals surface area contributed by atoms with E-state index < -0.39 is 17.7 Å². The van der Waals surface area contributed by atoms with Crippen LogP contribution in [0.2, 0.25) is 0 Å². The van der Waals surface area contributed by atoms with Crippen LogP contribution < -0.4 is 5.32 Å². The molecule has 7 heteroatoms. The standard InChI is InChI=1S/C17H20FN3O3/c1-3-11-10-21(4-2)20-16(11)12-7-13(9-14(18)8-12)17(24)19-6-5-15(22)23/h7-10H,3-6H2,1-2H3,(H,19,24)(H,22,23). The molecule has 2 N–H and O–H groups in total. The molecule has 0 unspecified atom stereocenters. The van der Waals surface area contributed by atoms with Crippen molar-refractivity contribution in [3.05, 3.63) is 41.3 Å². The number of aromatic nitrogens is 2. The highest BCUT2D eigenvalue weighted by Gasteiger charge is 2.14. The fourth-order valence-electron chi connectivity index (χ4n) is 2.37. The largest absolute Gasteiger partial charge is 0.481 e. The lowest BCUT2D eigenvalue weighted by molar-refractivity contribution is -0.136. The number of nitrogens with one attached hydrogen (secondary N) is 1. The van der Waals surface area contributed by atoms with Gasteiger partial charge in [-0.2, -0.15) is 5.10 Å². The molecule has 0 radical (unpaired) electrons. The van der Waals surface area contributed by atoms with Gasteiger partial charge in [0.25, 0.3) is 5.91 Å². The van der Waals surface area contributed by atoms with Crippen molar-refractivity contribution in [3.63, 3.8) is 0 Å². The van der Waals surface area contributed by atoms with Gasteiger partial charge in [-0.05, 0) is 37.1 Å². The second kappa shape index (κ2) is 7.72. The van der Waals surface area contributed by atoms with E-state index in [9.17, 15) is 14.0 Å². The fourth-order valence-corrected chi connectivity index (χ4v) is 2.37. The number of carbonyl (C=O) groups is 2. The lowest BCUT2D eigenvalue weighted by atomic mass is 10.0. The molecule has 1 aromatic heterocycles. The number of hydrogen-bond acceptors (Lipinski definition) is 3. The average Bonchev–Trinajstić information content (AvgIpc) is 2.97. The zero-order chi connectivity index (χ0) is 17.7. The summed E-state index contributed by atoms with van der Waals surface area (Å²) in [7, 11) is 0. The van der Waals surface area contributed by atoms with Crippen LogP contribution in [0.5, 0.6) is 0 Å². The van der Waals surface area contributed by atoms with Crippen molar-refractivity contribution < 1.29 is 19.1 Å². The Morgan fingerprint density at radius 3 is 2.67 bits per heavy atom. The SMILES string of the molecule is CCc1cn(CC)nc1-c1cc(F)cc(C(=O)NCCC(=O)O)c1. The summed E-state index contributed by atoms with van der Waals surface area (Å²) in [4.78, 5) is 22.6. The van der Waals surface area contributed by atoms with E-state index in [-0.39, 0.29) is 18.5 Å². The van der Waals surface area contributed by atoms with E-state index in [2.05, 4.69) is 10.4 Å². The number of carboxylic acids is 1. The second-order valence-corrected chi connectivity index (χ2v) is 5.34. The third-order valence-corrected chi connectivity index (χ3v) is 3.60. The summed E-state index contributed by atoms with van der Waals surface area (Å²) in [6, 6.07) is 4.04. The van der Waals surface area contributed by atoms with E-state index in [0.29, 0.717) is 17.8 Å². The van der Waals surface area contributed by atoms with Crippen LogP contribution in [0.1, 0.15) is 36.2 Å². The molecule has 0 saturated heterocycles. The van der Waals surface area contributed by atoms with Gasteiger partial charge in [-0.25, -0.2) is 4.39 Å². The Morgan fingerprint density at radius 1 is 1.29 bits per heavy atom. The third-order valence-electron chi connectivity index (χ3n) is 3.60. The van der Waals surface area contributed by atoms with Crippen molar-refractivity contribution in [2.24, 2.45) is 0 Å². The van der Waals surface area contributed by atoms with E-state index >= 15 is 0 Å². The van der Waals surface area contributed by atoms with Gasteiger partial charge in [0.2, 0.25) is 0 Å². The number of halogens is 1. The van der Waals surface area contributed by atoms with Crippen molar-refractivity contribution in [1.29, 1.82) is 0 Å². The van der Waals surface area contributed by atoms with E-state index in [1.165, 1.54) is 6.07 Å². The lowest BCUT2D eigenvalue weighted by Gasteiger charge is -2.07. The number of aliphatic carboxylic acids is 1.